The molecule has 3 aromatic heterocycles. The number of aliphatic hydroxyl groups is 1. The third-order valence-corrected chi connectivity index (χ3v) is 4.74. The second-order valence-electron chi connectivity index (χ2n) is 5.65. The van der Waals surface area contributed by atoms with Gasteiger partial charge in [-0.1, -0.05) is 36.4 Å². The summed E-state index contributed by atoms with van der Waals surface area (Å²) in [5.74, 6) is 0.516. The van der Waals surface area contributed by atoms with Crippen molar-refractivity contribution in [1.82, 2.24) is 24.7 Å². The van der Waals surface area contributed by atoms with Gasteiger partial charge in [-0.2, -0.15) is 4.98 Å². The molecule has 0 saturated carbocycles. The molecular formula is C18H16N6OS. The van der Waals surface area contributed by atoms with Crippen molar-refractivity contribution in [2.45, 2.75) is 12.6 Å². The summed E-state index contributed by atoms with van der Waals surface area (Å²) in [4.78, 5) is 13.0. The van der Waals surface area contributed by atoms with Gasteiger partial charge >= 0.3 is 0 Å². The van der Waals surface area contributed by atoms with Crippen LogP contribution in [0.5, 0.6) is 0 Å². The summed E-state index contributed by atoms with van der Waals surface area (Å²) in [6, 6.07) is 15.4. The summed E-state index contributed by atoms with van der Waals surface area (Å²) in [5, 5.41) is 17.6. The number of nitrogens with two attached hydrogens (primary N) is 1. The van der Waals surface area contributed by atoms with Crippen molar-refractivity contribution in [2.75, 3.05) is 5.73 Å². The van der Waals surface area contributed by atoms with Gasteiger partial charge in [-0.15, -0.1) is 16.4 Å². The van der Waals surface area contributed by atoms with Crippen molar-refractivity contribution >= 4 is 17.3 Å². The number of nitrogen functional groups attached to an aromatic ring is 1. The minimum Gasteiger partial charge on any atom is -0.371 e. The van der Waals surface area contributed by atoms with Crippen molar-refractivity contribution in [1.29, 1.82) is 0 Å². The third-order valence-electron chi connectivity index (χ3n) is 3.80. The maximum atomic E-state index is 10.5. The molecule has 0 radical (unpaired) electrons. The van der Waals surface area contributed by atoms with Gasteiger partial charge in [0.25, 0.3) is 0 Å². The second kappa shape index (κ2) is 7.03. The summed E-state index contributed by atoms with van der Waals surface area (Å²) in [7, 11) is 0. The summed E-state index contributed by atoms with van der Waals surface area (Å²) < 4.78 is 1.30. The molecule has 1 atom stereocenters. The molecule has 0 spiro atoms. The molecule has 0 aliphatic rings. The number of anilines is 1. The van der Waals surface area contributed by atoms with Crippen LogP contribution in [0.1, 0.15) is 11.9 Å². The summed E-state index contributed by atoms with van der Waals surface area (Å²) >= 11 is 1.54. The number of benzene rings is 1. The molecule has 4 rings (SSSR count). The highest BCUT2D eigenvalue weighted by atomic mass is 32.1. The fraction of sp³-hybridized carbons (Fsp3) is 0.111. The van der Waals surface area contributed by atoms with E-state index in [9.17, 15) is 5.11 Å². The van der Waals surface area contributed by atoms with Gasteiger partial charge in [0.1, 0.15) is 10.7 Å². The molecule has 0 fully saturated rings. The van der Waals surface area contributed by atoms with Gasteiger partial charge in [0.05, 0.1) is 5.69 Å². The molecule has 3 N–H and O–H groups in total. The van der Waals surface area contributed by atoms with Crippen LogP contribution in [-0.2, 0) is 6.42 Å². The number of aromatic nitrogens is 5. The lowest BCUT2D eigenvalue weighted by Crippen LogP contribution is -2.15. The van der Waals surface area contributed by atoms with Crippen LogP contribution in [0, 0.1) is 0 Å². The average Bonchev–Trinajstić information content (AvgIpc) is 3.30. The zero-order chi connectivity index (χ0) is 17.9. The van der Waals surface area contributed by atoms with Crippen LogP contribution < -0.4 is 5.73 Å². The van der Waals surface area contributed by atoms with Gasteiger partial charge in [-0.05, 0) is 12.1 Å². The van der Waals surface area contributed by atoms with E-state index in [0.717, 1.165) is 16.3 Å². The Hall–Kier alpha value is -3.10. The van der Waals surface area contributed by atoms with Gasteiger partial charge in [0, 0.05) is 23.6 Å². The normalized spacial score (nSPS) is 12.2. The van der Waals surface area contributed by atoms with Gasteiger partial charge in [0.2, 0.25) is 11.8 Å². The first-order chi connectivity index (χ1) is 12.7. The van der Waals surface area contributed by atoms with E-state index >= 15 is 0 Å². The van der Waals surface area contributed by atoms with Gasteiger partial charge in [-0.25, -0.2) is 9.67 Å². The maximum Gasteiger partial charge on any atom is 0.221 e. The Balaban J connectivity index is 1.53. The van der Waals surface area contributed by atoms with Crippen LogP contribution >= 0.6 is 11.3 Å². The predicted molar refractivity (Wildman–Crippen MR) is 100 cm³/mol. The highest BCUT2D eigenvalue weighted by Gasteiger charge is 2.18. The summed E-state index contributed by atoms with van der Waals surface area (Å²) in [6.45, 7) is 0. The monoisotopic (exact) mass is 364 g/mol. The lowest BCUT2D eigenvalue weighted by molar-refractivity contribution is 0.0926. The number of hydrogen-bond donors (Lipinski definition) is 2. The number of hydrogen-bond acceptors (Lipinski definition) is 7. The van der Waals surface area contributed by atoms with Gasteiger partial charge < -0.3 is 10.8 Å². The lowest BCUT2D eigenvalue weighted by atomic mass is 10.2. The van der Waals surface area contributed by atoms with Gasteiger partial charge in [0.15, 0.2) is 6.23 Å². The number of thiazole rings is 1. The predicted octanol–water partition coefficient (Wildman–Crippen LogP) is 2.78. The van der Waals surface area contributed by atoms with E-state index in [1.807, 2.05) is 47.8 Å². The molecule has 0 aliphatic heterocycles. The van der Waals surface area contributed by atoms with Crippen LogP contribution in [0.2, 0.25) is 0 Å². The van der Waals surface area contributed by atoms with Crippen molar-refractivity contribution in [3.63, 3.8) is 0 Å². The van der Waals surface area contributed by atoms with Crippen LogP contribution in [0.15, 0.2) is 60.1 Å². The Morgan fingerprint density at radius 1 is 1.08 bits per heavy atom. The van der Waals surface area contributed by atoms with Crippen LogP contribution in [0.25, 0.3) is 22.1 Å². The first-order valence-electron chi connectivity index (χ1n) is 8.02. The van der Waals surface area contributed by atoms with E-state index in [2.05, 4.69) is 20.1 Å². The Kier molecular flexibility index (Phi) is 4.42. The van der Waals surface area contributed by atoms with Crippen molar-refractivity contribution in [3.05, 3.63) is 65.8 Å². The number of aliphatic hydroxyl groups excluding tert-OH is 1. The SMILES string of the molecule is Nc1nc(-c2ccccn2)nn1C(O)Cc1csc(-c2ccccc2)n1. The molecule has 4 aromatic rings. The molecular weight excluding hydrogens is 348 g/mol. The van der Waals surface area contributed by atoms with Crippen LogP contribution in [0.4, 0.5) is 5.95 Å². The maximum absolute atomic E-state index is 10.5. The molecule has 0 amide bonds. The topological polar surface area (TPSA) is 103 Å². The molecule has 1 aromatic carbocycles. The van der Waals surface area contributed by atoms with Crippen molar-refractivity contribution < 1.29 is 5.11 Å². The second-order valence-corrected chi connectivity index (χ2v) is 6.51. The molecule has 0 aliphatic carbocycles. The summed E-state index contributed by atoms with van der Waals surface area (Å²) in [5.41, 5.74) is 8.34. The smallest absolute Gasteiger partial charge is 0.221 e. The third kappa shape index (κ3) is 3.32. The standard InChI is InChI=1S/C18H16N6OS/c19-18-22-16(14-8-4-5-9-20-14)23-24(18)15(25)10-13-11-26-17(21-13)12-6-2-1-3-7-12/h1-9,11,15,25H,10H2,(H2,19,22,23). The fourth-order valence-electron chi connectivity index (χ4n) is 2.55. The molecule has 130 valence electrons. The van der Waals surface area contributed by atoms with E-state index < -0.39 is 6.23 Å². The van der Waals surface area contributed by atoms with Crippen molar-refractivity contribution in [2.24, 2.45) is 0 Å². The summed E-state index contributed by atoms with van der Waals surface area (Å²) in [6.07, 6.45) is 0.993. The Morgan fingerprint density at radius 2 is 1.88 bits per heavy atom. The largest absolute Gasteiger partial charge is 0.371 e. The fourth-order valence-corrected chi connectivity index (χ4v) is 3.38. The number of rotatable bonds is 5. The van der Waals surface area contributed by atoms with Crippen molar-refractivity contribution in [3.8, 4) is 22.1 Å². The van der Waals surface area contributed by atoms with E-state index in [1.165, 1.54) is 16.0 Å². The Bertz CT molecular complexity index is 999. The first kappa shape index (κ1) is 16.4. The Labute approximate surface area is 153 Å². The molecule has 7 nitrogen and oxygen atoms in total. The molecule has 0 bridgehead atoms. The molecule has 26 heavy (non-hydrogen) atoms. The number of nitrogens with zero attached hydrogens (tertiary/aromatic N) is 5. The quantitative estimate of drug-likeness (QED) is 0.564. The molecule has 1 unspecified atom stereocenters. The Morgan fingerprint density at radius 3 is 2.65 bits per heavy atom. The van der Waals surface area contributed by atoms with Gasteiger partial charge in [-0.3, -0.25) is 4.98 Å². The minimum atomic E-state index is -0.953. The molecule has 3 heterocycles. The van der Waals surface area contributed by atoms with E-state index in [0.29, 0.717) is 17.9 Å². The zero-order valence-corrected chi connectivity index (χ0v) is 14.5. The van der Waals surface area contributed by atoms with Crippen LogP contribution in [-0.4, -0.2) is 29.8 Å². The highest BCUT2D eigenvalue weighted by Crippen LogP contribution is 2.25. The van der Waals surface area contributed by atoms with E-state index in [-0.39, 0.29) is 5.95 Å². The minimum absolute atomic E-state index is 0.136. The average molecular weight is 364 g/mol. The number of pyridine rings is 1. The lowest BCUT2D eigenvalue weighted by Gasteiger charge is -2.09. The zero-order valence-electron chi connectivity index (χ0n) is 13.7. The van der Waals surface area contributed by atoms with E-state index in [4.69, 9.17) is 5.73 Å². The molecule has 0 saturated heterocycles. The first-order valence-corrected chi connectivity index (χ1v) is 8.90. The highest BCUT2D eigenvalue weighted by molar-refractivity contribution is 7.13. The van der Waals surface area contributed by atoms with Crippen LogP contribution in [0.3, 0.4) is 0 Å². The van der Waals surface area contributed by atoms with E-state index in [1.54, 1.807) is 12.3 Å². The molecule has 8 heteroatoms.